The van der Waals surface area contributed by atoms with Crippen LogP contribution in [0.25, 0.3) is 0 Å². The third kappa shape index (κ3) is 4.20. The molecule has 0 radical (unpaired) electrons. The molecule has 0 atom stereocenters. The minimum absolute atomic E-state index is 0.228. The minimum atomic E-state index is -0.954. The van der Waals surface area contributed by atoms with Gasteiger partial charge in [0.1, 0.15) is 5.75 Å². The van der Waals surface area contributed by atoms with Gasteiger partial charge in [0.25, 0.3) is 0 Å². The van der Waals surface area contributed by atoms with Gasteiger partial charge in [-0.3, -0.25) is 0 Å². The average Bonchev–Trinajstić information content (AvgIpc) is 2.44. The van der Waals surface area contributed by atoms with E-state index in [2.05, 4.69) is 0 Å². The quantitative estimate of drug-likeness (QED) is 0.485. The van der Waals surface area contributed by atoms with Gasteiger partial charge in [-0.25, -0.2) is 4.79 Å². The Morgan fingerprint density at radius 1 is 1.20 bits per heavy atom. The van der Waals surface area contributed by atoms with Crippen molar-refractivity contribution in [3.63, 3.8) is 0 Å². The van der Waals surface area contributed by atoms with Gasteiger partial charge in [-0.05, 0) is 36.4 Å². The molecule has 0 saturated heterocycles. The number of rotatable bonds is 6. The van der Waals surface area contributed by atoms with Gasteiger partial charge in [0, 0.05) is 16.3 Å². The number of aromatic carboxylic acids is 1. The fourth-order valence-corrected chi connectivity index (χ4v) is 2.44. The summed E-state index contributed by atoms with van der Waals surface area (Å²) in [4.78, 5) is 11.9. The summed E-state index contributed by atoms with van der Waals surface area (Å²) in [5.74, 6) is 0.378. The Balaban J connectivity index is 1.81. The number of anilines is 1. The van der Waals surface area contributed by atoms with Crippen molar-refractivity contribution in [1.29, 1.82) is 0 Å². The average molecular weight is 289 g/mol. The normalized spacial score (nSPS) is 10.2. The number of benzene rings is 2. The number of hydrogen-bond donors (Lipinski definition) is 2. The van der Waals surface area contributed by atoms with Crippen LogP contribution in [0.5, 0.6) is 5.75 Å². The van der Waals surface area contributed by atoms with Crippen molar-refractivity contribution in [2.75, 3.05) is 18.1 Å². The van der Waals surface area contributed by atoms with E-state index in [0.717, 1.165) is 16.3 Å². The maximum absolute atomic E-state index is 10.8. The van der Waals surface area contributed by atoms with E-state index in [1.807, 2.05) is 24.3 Å². The SMILES string of the molecule is Nc1cccc(SCCOc2cccc(C(=O)O)c2)c1. The number of hydrogen-bond acceptors (Lipinski definition) is 4. The molecule has 20 heavy (non-hydrogen) atoms. The first-order valence-electron chi connectivity index (χ1n) is 6.09. The summed E-state index contributed by atoms with van der Waals surface area (Å²) in [5, 5.41) is 8.88. The molecule has 0 aliphatic rings. The van der Waals surface area contributed by atoms with Crippen LogP contribution in [0.1, 0.15) is 10.4 Å². The zero-order valence-corrected chi connectivity index (χ0v) is 11.6. The molecule has 0 aliphatic heterocycles. The lowest BCUT2D eigenvalue weighted by Crippen LogP contribution is -2.02. The van der Waals surface area contributed by atoms with Crippen molar-refractivity contribution in [2.45, 2.75) is 4.90 Å². The number of carboxylic acids is 1. The van der Waals surface area contributed by atoms with Gasteiger partial charge in [-0.15, -0.1) is 11.8 Å². The van der Waals surface area contributed by atoms with E-state index in [4.69, 9.17) is 15.6 Å². The number of nitrogens with two attached hydrogens (primary N) is 1. The van der Waals surface area contributed by atoms with Crippen LogP contribution >= 0.6 is 11.8 Å². The molecular formula is C15H15NO3S. The molecule has 3 N–H and O–H groups in total. The van der Waals surface area contributed by atoms with Crippen molar-refractivity contribution in [3.8, 4) is 5.75 Å². The van der Waals surface area contributed by atoms with E-state index >= 15 is 0 Å². The van der Waals surface area contributed by atoms with Gasteiger partial charge in [0.15, 0.2) is 0 Å². The monoisotopic (exact) mass is 289 g/mol. The highest BCUT2D eigenvalue weighted by molar-refractivity contribution is 7.99. The highest BCUT2D eigenvalue weighted by atomic mass is 32.2. The van der Waals surface area contributed by atoms with Crippen LogP contribution in [0.15, 0.2) is 53.4 Å². The third-order valence-electron chi connectivity index (χ3n) is 2.56. The summed E-state index contributed by atoms with van der Waals surface area (Å²) in [6, 6.07) is 14.1. The predicted molar refractivity (Wildman–Crippen MR) is 80.5 cm³/mol. The van der Waals surface area contributed by atoms with Crippen LogP contribution < -0.4 is 10.5 Å². The Morgan fingerprint density at radius 3 is 2.75 bits per heavy atom. The van der Waals surface area contributed by atoms with Gasteiger partial charge in [0.2, 0.25) is 0 Å². The standard InChI is InChI=1S/C15H15NO3S/c16-12-4-2-6-14(10-12)20-8-7-19-13-5-1-3-11(9-13)15(17)18/h1-6,9-10H,7-8,16H2,(H,17,18). The van der Waals surface area contributed by atoms with Crippen LogP contribution in [0.2, 0.25) is 0 Å². The lowest BCUT2D eigenvalue weighted by Gasteiger charge is -2.07. The molecule has 2 aromatic rings. The predicted octanol–water partition coefficient (Wildman–Crippen LogP) is 3.14. The summed E-state index contributed by atoms with van der Waals surface area (Å²) in [5.41, 5.74) is 6.67. The van der Waals surface area contributed by atoms with E-state index in [1.165, 1.54) is 12.1 Å². The van der Waals surface area contributed by atoms with E-state index in [9.17, 15) is 4.79 Å². The topological polar surface area (TPSA) is 72.5 Å². The molecule has 2 aromatic carbocycles. The van der Waals surface area contributed by atoms with E-state index < -0.39 is 5.97 Å². The summed E-state index contributed by atoms with van der Waals surface area (Å²) in [6.45, 7) is 0.503. The van der Waals surface area contributed by atoms with Crippen LogP contribution in [-0.4, -0.2) is 23.4 Å². The second kappa shape index (κ2) is 6.86. The molecule has 2 rings (SSSR count). The van der Waals surface area contributed by atoms with Gasteiger partial charge >= 0.3 is 5.97 Å². The number of ether oxygens (including phenoxy) is 1. The molecule has 0 saturated carbocycles. The number of carboxylic acid groups (broad SMARTS) is 1. The number of nitrogen functional groups attached to an aromatic ring is 1. The zero-order chi connectivity index (χ0) is 14.4. The molecule has 4 nitrogen and oxygen atoms in total. The van der Waals surface area contributed by atoms with Gasteiger partial charge in [-0.1, -0.05) is 12.1 Å². The largest absolute Gasteiger partial charge is 0.493 e. The van der Waals surface area contributed by atoms with Crippen molar-refractivity contribution < 1.29 is 14.6 Å². The smallest absolute Gasteiger partial charge is 0.335 e. The molecule has 0 aromatic heterocycles. The maximum atomic E-state index is 10.8. The van der Waals surface area contributed by atoms with Gasteiger partial charge < -0.3 is 15.6 Å². The summed E-state index contributed by atoms with van der Waals surface area (Å²) in [6.07, 6.45) is 0. The molecule has 0 aliphatic carbocycles. The lowest BCUT2D eigenvalue weighted by molar-refractivity contribution is 0.0696. The molecule has 0 heterocycles. The Bertz CT molecular complexity index is 601. The van der Waals surface area contributed by atoms with Gasteiger partial charge in [-0.2, -0.15) is 0 Å². The number of thioether (sulfide) groups is 1. The number of carbonyl (C=O) groups is 1. The highest BCUT2D eigenvalue weighted by Crippen LogP contribution is 2.20. The molecule has 5 heteroatoms. The Labute approximate surface area is 121 Å². The fourth-order valence-electron chi connectivity index (χ4n) is 1.64. The second-order valence-electron chi connectivity index (χ2n) is 4.10. The van der Waals surface area contributed by atoms with Crippen molar-refractivity contribution in [2.24, 2.45) is 0 Å². The van der Waals surface area contributed by atoms with Crippen LogP contribution in [0.3, 0.4) is 0 Å². The first-order chi connectivity index (χ1) is 9.65. The fraction of sp³-hybridized carbons (Fsp3) is 0.133. The minimum Gasteiger partial charge on any atom is -0.493 e. The Morgan fingerprint density at radius 2 is 2.00 bits per heavy atom. The maximum Gasteiger partial charge on any atom is 0.335 e. The lowest BCUT2D eigenvalue weighted by atomic mass is 10.2. The van der Waals surface area contributed by atoms with Crippen molar-refractivity contribution in [3.05, 3.63) is 54.1 Å². The molecule has 0 amide bonds. The first-order valence-corrected chi connectivity index (χ1v) is 7.08. The Kier molecular flexibility index (Phi) is 4.90. The molecule has 0 spiro atoms. The van der Waals surface area contributed by atoms with Crippen molar-refractivity contribution in [1.82, 2.24) is 0 Å². The molecular weight excluding hydrogens is 274 g/mol. The van der Waals surface area contributed by atoms with E-state index in [-0.39, 0.29) is 5.56 Å². The zero-order valence-electron chi connectivity index (χ0n) is 10.8. The van der Waals surface area contributed by atoms with Gasteiger partial charge in [0.05, 0.1) is 12.2 Å². The van der Waals surface area contributed by atoms with E-state index in [1.54, 1.807) is 23.9 Å². The summed E-state index contributed by atoms with van der Waals surface area (Å²) in [7, 11) is 0. The van der Waals surface area contributed by atoms with Crippen LogP contribution in [0, 0.1) is 0 Å². The molecule has 0 bridgehead atoms. The van der Waals surface area contributed by atoms with E-state index in [0.29, 0.717) is 12.4 Å². The first kappa shape index (κ1) is 14.3. The highest BCUT2D eigenvalue weighted by Gasteiger charge is 2.03. The summed E-state index contributed by atoms with van der Waals surface area (Å²) >= 11 is 1.64. The second-order valence-corrected chi connectivity index (χ2v) is 5.27. The molecule has 104 valence electrons. The Hall–Kier alpha value is -2.14. The van der Waals surface area contributed by atoms with Crippen molar-refractivity contribution >= 4 is 23.4 Å². The van der Waals surface area contributed by atoms with Crippen LogP contribution in [-0.2, 0) is 0 Å². The summed E-state index contributed by atoms with van der Waals surface area (Å²) < 4.78 is 5.53. The molecule has 0 fully saturated rings. The third-order valence-corrected chi connectivity index (χ3v) is 3.52. The molecule has 0 unspecified atom stereocenters. The van der Waals surface area contributed by atoms with Crippen LogP contribution in [0.4, 0.5) is 5.69 Å².